The van der Waals surface area contributed by atoms with Gasteiger partial charge in [-0.05, 0) is 20.3 Å². The van der Waals surface area contributed by atoms with Crippen molar-refractivity contribution >= 4 is 18.1 Å². The number of carbonyl (C=O) groups is 3. The molecule has 1 heterocycles. The third-order valence-corrected chi connectivity index (χ3v) is 3.80. The highest BCUT2D eigenvalue weighted by atomic mass is 16.2. The summed E-state index contributed by atoms with van der Waals surface area (Å²) < 4.78 is 0. The fourth-order valence-corrected chi connectivity index (χ4v) is 2.69. The van der Waals surface area contributed by atoms with Crippen LogP contribution in [0.5, 0.6) is 0 Å². The molecule has 1 saturated heterocycles. The maximum Gasteiger partial charge on any atom is 0.237 e. The molecule has 0 aromatic carbocycles. The van der Waals surface area contributed by atoms with Crippen molar-refractivity contribution in [2.45, 2.75) is 26.7 Å². The van der Waals surface area contributed by atoms with Gasteiger partial charge in [0.25, 0.3) is 0 Å². The zero-order valence-electron chi connectivity index (χ0n) is 9.95. The van der Waals surface area contributed by atoms with Crippen molar-refractivity contribution < 1.29 is 14.4 Å². The summed E-state index contributed by atoms with van der Waals surface area (Å²) in [6.45, 7) is 3.79. The molecule has 1 aliphatic carbocycles. The second-order valence-electron chi connectivity index (χ2n) is 4.70. The van der Waals surface area contributed by atoms with Crippen molar-refractivity contribution in [2.75, 3.05) is 0 Å². The van der Waals surface area contributed by atoms with E-state index in [1.807, 2.05) is 19.9 Å². The van der Waals surface area contributed by atoms with Gasteiger partial charge in [-0.15, -0.1) is 0 Å². The van der Waals surface area contributed by atoms with Gasteiger partial charge in [-0.1, -0.05) is 23.3 Å². The normalized spacial score (nSPS) is 31.5. The lowest BCUT2D eigenvalue weighted by atomic mass is 9.67. The molecule has 2 rings (SSSR count). The number of imide groups is 1. The Morgan fingerprint density at radius 2 is 2.12 bits per heavy atom. The average Bonchev–Trinajstić information content (AvgIpc) is 2.54. The molecule has 4 heteroatoms. The van der Waals surface area contributed by atoms with E-state index in [1.54, 1.807) is 6.08 Å². The molecule has 17 heavy (non-hydrogen) atoms. The number of allylic oxidation sites excluding steroid dienone is 2. The van der Waals surface area contributed by atoms with Gasteiger partial charge >= 0.3 is 0 Å². The zero-order chi connectivity index (χ0) is 12.6. The molecule has 0 spiro atoms. The van der Waals surface area contributed by atoms with Crippen LogP contribution < -0.4 is 5.32 Å². The Morgan fingerprint density at radius 3 is 2.76 bits per heavy atom. The van der Waals surface area contributed by atoms with E-state index in [-0.39, 0.29) is 18.2 Å². The van der Waals surface area contributed by atoms with Crippen LogP contribution in [0, 0.1) is 11.3 Å². The van der Waals surface area contributed by atoms with Gasteiger partial charge in [0.1, 0.15) is 6.29 Å². The van der Waals surface area contributed by atoms with Crippen molar-refractivity contribution in [3.05, 3.63) is 23.3 Å². The Hall–Kier alpha value is -1.71. The minimum atomic E-state index is -0.846. The molecule has 1 N–H and O–H groups in total. The molecule has 0 aromatic heterocycles. The lowest BCUT2D eigenvalue weighted by Gasteiger charge is -2.32. The van der Waals surface area contributed by atoms with E-state index < -0.39 is 11.3 Å². The Kier molecular flexibility index (Phi) is 2.73. The van der Waals surface area contributed by atoms with Crippen LogP contribution in [0.25, 0.3) is 0 Å². The number of carbonyl (C=O) groups excluding carboxylic acids is 3. The second kappa shape index (κ2) is 3.95. The van der Waals surface area contributed by atoms with E-state index >= 15 is 0 Å². The van der Waals surface area contributed by atoms with E-state index in [0.717, 1.165) is 17.4 Å². The molecule has 4 nitrogen and oxygen atoms in total. The van der Waals surface area contributed by atoms with Crippen molar-refractivity contribution in [1.29, 1.82) is 0 Å². The number of amides is 2. The molecular weight excluding hydrogens is 218 g/mol. The minimum Gasteiger partial charge on any atom is -0.303 e. The molecule has 0 radical (unpaired) electrons. The first-order valence-electron chi connectivity index (χ1n) is 5.68. The SMILES string of the molecule is CC1=C(C)C2C(=O)NC(=O)C2(CCC=O)C=C1. The number of nitrogens with one attached hydrogen (secondary N) is 1. The third kappa shape index (κ3) is 1.55. The number of hydrogen-bond acceptors (Lipinski definition) is 3. The van der Waals surface area contributed by atoms with Gasteiger partial charge in [-0.25, -0.2) is 0 Å². The van der Waals surface area contributed by atoms with E-state index in [4.69, 9.17) is 0 Å². The molecule has 90 valence electrons. The maximum absolute atomic E-state index is 12.0. The quantitative estimate of drug-likeness (QED) is 0.587. The lowest BCUT2D eigenvalue weighted by Crippen LogP contribution is -2.35. The van der Waals surface area contributed by atoms with Crippen molar-refractivity contribution in [2.24, 2.45) is 11.3 Å². The Balaban J connectivity index is 2.47. The number of aldehydes is 1. The fraction of sp³-hybridized carbons (Fsp3) is 0.462. The van der Waals surface area contributed by atoms with Crippen LogP contribution in [0.1, 0.15) is 26.7 Å². The maximum atomic E-state index is 12.0. The number of rotatable bonds is 3. The highest BCUT2D eigenvalue weighted by Crippen LogP contribution is 2.46. The Morgan fingerprint density at radius 1 is 1.41 bits per heavy atom. The summed E-state index contributed by atoms with van der Waals surface area (Å²) in [6.07, 6.45) is 5.11. The smallest absolute Gasteiger partial charge is 0.237 e. The number of fused-ring (bicyclic) bond motifs is 1. The molecule has 2 atom stereocenters. The van der Waals surface area contributed by atoms with Gasteiger partial charge in [0.15, 0.2) is 0 Å². The lowest BCUT2D eigenvalue weighted by molar-refractivity contribution is -0.127. The van der Waals surface area contributed by atoms with Crippen LogP contribution in [0.15, 0.2) is 23.3 Å². The Bertz CT molecular complexity index is 461. The van der Waals surface area contributed by atoms with Gasteiger partial charge in [0.2, 0.25) is 11.8 Å². The van der Waals surface area contributed by atoms with Crippen LogP contribution >= 0.6 is 0 Å². The van der Waals surface area contributed by atoms with Gasteiger partial charge < -0.3 is 4.79 Å². The van der Waals surface area contributed by atoms with Crippen molar-refractivity contribution in [1.82, 2.24) is 5.32 Å². The van der Waals surface area contributed by atoms with Crippen LogP contribution in [-0.2, 0) is 14.4 Å². The summed E-state index contributed by atoms with van der Waals surface area (Å²) >= 11 is 0. The first-order chi connectivity index (χ1) is 8.03. The highest BCUT2D eigenvalue weighted by molar-refractivity contribution is 6.10. The van der Waals surface area contributed by atoms with Crippen LogP contribution in [-0.4, -0.2) is 18.1 Å². The van der Waals surface area contributed by atoms with E-state index in [9.17, 15) is 14.4 Å². The molecule has 2 aliphatic rings. The third-order valence-electron chi connectivity index (χ3n) is 3.80. The van der Waals surface area contributed by atoms with Crippen LogP contribution in [0.2, 0.25) is 0 Å². The molecule has 2 unspecified atom stereocenters. The van der Waals surface area contributed by atoms with Crippen LogP contribution in [0.4, 0.5) is 0 Å². The first kappa shape index (κ1) is 11.8. The second-order valence-corrected chi connectivity index (χ2v) is 4.70. The number of hydrogen-bond donors (Lipinski definition) is 1. The molecular formula is C13H15NO3. The van der Waals surface area contributed by atoms with Crippen LogP contribution in [0.3, 0.4) is 0 Å². The van der Waals surface area contributed by atoms with Gasteiger partial charge in [-0.2, -0.15) is 0 Å². The van der Waals surface area contributed by atoms with E-state index in [1.165, 1.54) is 0 Å². The molecule has 0 saturated carbocycles. The van der Waals surface area contributed by atoms with E-state index in [2.05, 4.69) is 5.32 Å². The van der Waals surface area contributed by atoms with Crippen molar-refractivity contribution in [3.63, 3.8) is 0 Å². The summed E-state index contributed by atoms with van der Waals surface area (Å²) in [5.74, 6) is -0.973. The average molecular weight is 233 g/mol. The Labute approximate surface area is 99.8 Å². The molecule has 1 aliphatic heterocycles. The first-order valence-corrected chi connectivity index (χ1v) is 5.68. The topological polar surface area (TPSA) is 63.2 Å². The van der Waals surface area contributed by atoms with Gasteiger partial charge in [0.05, 0.1) is 11.3 Å². The summed E-state index contributed by atoms with van der Waals surface area (Å²) in [5, 5.41) is 2.38. The summed E-state index contributed by atoms with van der Waals surface area (Å²) in [6, 6.07) is 0. The van der Waals surface area contributed by atoms with E-state index in [0.29, 0.717) is 6.42 Å². The zero-order valence-corrected chi connectivity index (χ0v) is 9.95. The summed E-state index contributed by atoms with van der Waals surface area (Å²) in [7, 11) is 0. The highest BCUT2D eigenvalue weighted by Gasteiger charge is 2.54. The molecule has 0 bridgehead atoms. The fourth-order valence-electron chi connectivity index (χ4n) is 2.69. The van der Waals surface area contributed by atoms with Crippen molar-refractivity contribution in [3.8, 4) is 0 Å². The largest absolute Gasteiger partial charge is 0.303 e. The van der Waals surface area contributed by atoms with Gasteiger partial charge in [0, 0.05) is 6.42 Å². The molecule has 1 fully saturated rings. The summed E-state index contributed by atoms with van der Waals surface area (Å²) in [4.78, 5) is 34.3. The van der Waals surface area contributed by atoms with Gasteiger partial charge in [-0.3, -0.25) is 14.9 Å². The molecule has 2 amide bonds. The predicted octanol–water partition coefficient (Wildman–Crippen LogP) is 1.13. The molecule has 0 aromatic rings. The monoisotopic (exact) mass is 233 g/mol. The minimum absolute atomic E-state index is 0.248. The summed E-state index contributed by atoms with van der Waals surface area (Å²) in [5.41, 5.74) is 1.09. The standard InChI is InChI=1S/C13H15NO3/c1-8-4-6-13(5-3-7-15)10(9(8)2)11(16)14-12(13)17/h4,6-7,10H,3,5H2,1-2H3,(H,14,16,17). The predicted molar refractivity (Wildman–Crippen MR) is 61.9 cm³/mol.